The fraction of sp³-hybridized carbons (Fsp3) is 1.00. The molecule has 0 spiro atoms. The summed E-state index contributed by atoms with van der Waals surface area (Å²) in [5, 5.41) is 0. The average Bonchev–Trinajstić information content (AvgIpc) is 2.19. The molecule has 9 heavy (non-hydrogen) atoms. The molecular weight excluding hydrogens is 242 g/mol. The second kappa shape index (κ2) is 5.91. The highest BCUT2D eigenvalue weighted by atomic mass is 127. The first kappa shape index (κ1) is 10.2. The number of hydrogen-bond acceptors (Lipinski definition) is 0. The first-order valence-corrected chi connectivity index (χ1v) is 4.72. The van der Waals surface area contributed by atoms with Crippen molar-refractivity contribution >= 4 is 9.24 Å². The second-order valence-electron chi connectivity index (χ2n) is 2.79. The summed E-state index contributed by atoms with van der Waals surface area (Å²) in [5.41, 5.74) is 0. The summed E-state index contributed by atoms with van der Waals surface area (Å²) >= 11 is 0. The summed E-state index contributed by atoms with van der Waals surface area (Å²) in [4.78, 5) is 0. The summed E-state index contributed by atoms with van der Waals surface area (Å²) in [6, 6.07) is 0. The molecule has 0 amide bonds. The van der Waals surface area contributed by atoms with Crippen LogP contribution in [0.2, 0.25) is 0 Å². The zero-order valence-electron chi connectivity index (χ0n) is 5.91. The molecule has 1 unspecified atom stereocenters. The van der Waals surface area contributed by atoms with Crippen molar-refractivity contribution < 1.29 is 24.0 Å². The summed E-state index contributed by atoms with van der Waals surface area (Å²) in [5.74, 6) is 1.12. The van der Waals surface area contributed by atoms with Crippen molar-refractivity contribution in [3.8, 4) is 0 Å². The van der Waals surface area contributed by atoms with Crippen LogP contribution in [0.5, 0.6) is 0 Å². The molecule has 0 bridgehead atoms. The van der Waals surface area contributed by atoms with Crippen LogP contribution in [-0.4, -0.2) is 6.16 Å². The minimum absolute atomic E-state index is 0. The van der Waals surface area contributed by atoms with Crippen molar-refractivity contribution in [1.82, 2.24) is 0 Å². The van der Waals surface area contributed by atoms with Crippen molar-refractivity contribution in [3.05, 3.63) is 0 Å². The molecule has 0 N–H and O–H groups in total. The molecule has 1 aliphatic carbocycles. The number of hydrogen-bond donors (Lipinski definition) is 0. The number of halogens is 1. The summed E-state index contributed by atoms with van der Waals surface area (Å²) in [6.07, 6.45) is 8.99. The fourth-order valence-corrected chi connectivity index (χ4v) is 2.17. The molecule has 0 aromatic heterocycles. The van der Waals surface area contributed by atoms with Crippen molar-refractivity contribution in [3.63, 3.8) is 0 Å². The Balaban J connectivity index is 0.000000640. The predicted octanol–water partition coefficient (Wildman–Crippen LogP) is -0.822. The Morgan fingerprint density at radius 2 is 1.78 bits per heavy atom. The van der Waals surface area contributed by atoms with E-state index in [4.69, 9.17) is 0 Å². The smallest absolute Gasteiger partial charge is 0.0529 e. The van der Waals surface area contributed by atoms with Gasteiger partial charge in [0, 0.05) is 0 Å². The summed E-state index contributed by atoms with van der Waals surface area (Å²) < 4.78 is 0. The lowest BCUT2D eigenvalue weighted by Crippen LogP contribution is -3.00. The van der Waals surface area contributed by atoms with Gasteiger partial charge in [0.1, 0.15) is 0 Å². The molecule has 1 aliphatic rings. The van der Waals surface area contributed by atoms with Crippen LogP contribution in [-0.2, 0) is 0 Å². The van der Waals surface area contributed by atoms with Gasteiger partial charge >= 0.3 is 0 Å². The molecule has 1 fully saturated rings. The van der Waals surface area contributed by atoms with Gasteiger partial charge in [0.2, 0.25) is 0 Å². The van der Waals surface area contributed by atoms with E-state index in [9.17, 15) is 0 Å². The first-order valence-electron chi connectivity index (χ1n) is 3.72. The van der Waals surface area contributed by atoms with Gasteiger partial charge in [-0.2, -0.15) is 0 Å². The van der Waals surface area contributed by atoms with Gasteiger partial charge in [-0.3, -0.25) is 0 Å². The average molecular weight is 258 g/mol. The van der Waals surface area contributed by atoms with Crippen LogP contribution < -0.4 is 24.0 Å². The molecule has 0 radical (unpaired) electrons. The molecule has 0 aromatic rings. The molecule has 2 heteroatoms. The van der Waals surface area contributed by atoms with Gasteiger partial charge < -0.3 is 24.0 Å². The normalized spacial score (nSPS) is 20.0. The van der Waals surface area contributed by atoms with E-state index in [1.54, 1.807) is 0 Å². The highest BCUT2D eigenvalue weighted by Gasteiger charge is 2.13. The number of rotatable bonds is 2. The van der Waals surface area contributed by atoms with E-state index in [1.165, 1.54) is 38.3 Å². The Bertz CT molecular complexity index is 59.9. The molecule has 0 heterocycles. The Hall–Kier alpha value is 1.16. The maximum atomic E-state index is 2.12. The van der Waals surface area contributed by atoms with E-state index in [-0.39, 0.29) is 24.0 Å². The van der Waals surface area contributed by atoms with Gasteiger partial charge in [0.05, 0.1) is 6.16 Å². The van der Waals surface area contributed by atoms with Crippen LogP contribution in [0.1, 0.15) is 32.1 Å². The molecule has 0 aromatic carbocycles. The highest BCUT2D eigenvalue weighted by Crippen LogP contribution is 2.27. The van der Waals surface area contributed by atoms with Gasteiger partial charge in [0.15, 0.2) is 0 Å². The van der Waals surface area contributed by atoms with Crippen molar-refractivity contribution in [1.29, 1.82) is 0 Å². The standard InChI is InChI=1S/C7H15P.HI/c8-6-5-7-3-1-2-4-7;/h7H,1-6,8H2;1H. The minimum Gasteiger partial charge on any atom is -1.00 e. The lowest BCUT2D eigenvalue weighted by Gasteiger charge is -2.01. The van der Waals surface area contributed by atoms with Crippen LogP contribution >= 0.6 is 9.24 Å². The lowest BCUT2D eigenvalue weighted by atomic mass is 10.1. The third-order valence-corrected chi connectivity index (χ3v) is 2.50. The lowest BCUT2D eigenvalue weighted by molar-refractivity contribution is -0.00000167. The topological polar surface area (TPSA) is 0 Å². The van der Waals surface area contributed by atoms with Crippen molar-refractivity contribution in [2.24, 2.45) is 5.92 Å². The molecule has 1 atom stereocenters. The van der Waals surface area contributed by atoms with Gasteiger partial charge in [-0.1, -0.05) is 25.7 Å². The first-order chi connectivity index (χ1) is 3.93. The minimum atomic E-state index is 0. The van der Waals surface area contributed by atoms with Crippen molar-refractivity contribution in [2.45, 2.75) is 32.1 Å². The van der Waals surface area contributed by atoms with Crippen LogP contribution in [0.25, 0.3) is 0 Å². The molecule has 0 nitrogen and oxygen atoms in total. The molecule has 1 rings (SSSR count). The molecular formula is C7H16IP. The quantitative estimate of drug-likeness (QED) is 0.448. The highest BCUT2D eigenvalue weighted by molar-refractivity contribution is 7.16. The Kier molecular flexibility index (Phi) is 6.67. The van der Waals surface area contributed by atoms with Crippen molar-refractivity contribution in [2.75, 3.05) is 6.16 Å². The summed E-state index contributed by atoms with van der Waals surface area (Å²) in [7, 11) is 2.12. The monoisotopic (exact) mass is 258 g/mol. The van der Waals surface area contributed by atoms with E-state index in [1.807, 2.05) is 0 Å². The third kappa shape index (κ3) is 3.77. The molecule has 1 saturated carbocycles. The zero-order valence-corrected chi connectivity index (χ0v) is 9.48. The van der Waals surface area contributed by atoms with E-state index < -0.39 is 0 Å². The SMILES string of the molecule is [I-].[PH3+]CCC1CCCC1. The second-order valence-corrected chi connectivity index (χ2v) is 3.50. The van der Waals surface area contributed by atoms with E-state index in [2.05, 4.69) is 9.24 Å². The van der Waals surface area contributed by atoms with E-state index in [0.717, 1.165) is 5.92 Å². The Morgan fingerprint density at radius 3 is 2.22 bits per heavy atom. The Labute approximate surface area is 77.4 Å². The van der Waals surface area contributed by atoms with Crippen LogP contribution in [0.3, 0.4) is 0 Å². The fourth-order valence-electron chi connectivity index (χ4n) is 1.59. The largest absolute Gasteiger partial charge is 1.00 e. The summed E-state index contributed by atoms with van der Waals surface area (Å²) in [6.45, 7) is 0. The maximum Gasteiger partial charge on any atom is 0.0529 e. The third-order valence-electron chi connectivity index (χ3n) is 2.09. The van der Waals surface area contributed by atoms with Gasteiger partial charge in [-0.15, -0.1) is 0 Å². The predicted molar refractivity (Wildman–Crippen MR) is 42.5 cm³/mol. The van der Waals surface area contributed by atoms with Crippen LogP contribution in [0.15, 0.2) is 0 Å². The molecule has 0 aliphatic heterocycles. The van der Waals surface area contributed by atoms with E-state index in [0.29, 0.717) is 0 Å². The molecule has 56 valence electrons. The molecule has 0 saturated heterocycles. The Morgan fingerprint density at radius 1 is 1.22 bits per heavy atom. The van der Waals surface area contributed by atoms with Gasteiger partial charge in [0.25, 0.3) is 0 Å². The van der Waals surface area contributed by atoms with Crippen LogP contribution in [0, 0.1) is 5.92 Å². The maximum absolute atomic E-state index is 2.12. The van der Waals surface area contributed by atoms with Gasteiger partial charge in [-0.25, -0.2) is 0 Å². The van der Waals surface area contributed by atoms with Crippen LogP contribution in [0.4, 0.5) is 0 Å². The van der Waals surface area contributed by atoms with E-state index >= 15 is 0 Å². The zero-order chi connectivity index (χ0) is 5.82. The van der Waals surface area contributed by atoms with Gasteiger partial charge in [-0.05, 0) is 21.6 Å².